The van der Waals surface area contributed by atoms with Gasteiger partial charge in [-0.25, -0.2) is 0 Å². The lowest BCUT2D eigenvalue weighted by Gasteiger charge is -2.47. The van der Waals surface area contributed by atoms with Gasteiger partial charge in [-0.3, -0.25) is 14.3 Å². The first kappa shape index (κ1) is 24.3. The van der Waals surface area contributed by atoms with Crippen LogP contribution in [0.5, 0.6) is 0 Å². The van der Waals surface area contributed by atoms with Crippen molar-refractivity contribution < 1.29 is 9.59 Å². The highest BCUT2D eigenvalue weighted by Crippen LogP contribution is 2.37. The van der Waals surface area contributed by atoms with E-state index in [0.29, 0.717) is 12.2 Å². The second-order valence-corrected chi connectivity index (χ2v) is 10.5. The van der Waals surface area contributed by atoms with Crippen molar-refractivity contribution in [3.63, 3.8) is 0 Å². The minimum absolute atomic E-state index is 0.0967. The van der Waals surface area contributed by atoms with Crippen molar-refractivity contribution in [3.05, 3.63) is 77.5 Å². The summed E-state index contributed by atoms with van der Waals surface area (Å²) in [5, 5.41) is 8.10. The minimum atomic E-state index is -1.06. The number of hydrogen-bond acceptors (Lipinski definition) is 3. The topological polar surface area (TPSA) is 67.2 Å². The first-order valence-electron chi connectivity index (χ1n) is 13.3. The Labute approximate surface area is 213 Å². The highest BCUT2D eigenvalue weighted by atomic mass is 16.2. The number of hydrogen-bond donors (Lipinski definition) is 1. The average molecular weight is 485 g/mol. The number of carbonyl (C=O) groups excluding carboxylic acids is 2. The summed E-state index contributed by atoms with van der Waals surface area (Å²) in [6, 6.07) is 20.0. The lowest BCUT2D eigenvalue weighted by molar-refractivity contribution is -0.135. The summed E-state index contributed by atoms with van der Waals surface area (Å²) >= 11 is 0. The third-order valence-corrected chi connectivity index (χ3v) is 7.96. The van der Waals surface area contributed by atoms with Gasteiger partial charge in [-0.2, -0.15) is 5.10 Å². The third kappa shape index (κ3) is 4.45. The second kappa shape index (κ2) is 9.92. The van der Waals surface area contributed by atoms with Crippen LogP contribution in [0, 0.1) is 0 Å². The van der Waals surface area contributed by atoms with Crippen LogP contribution in [0.4, 0.5) is 0 Å². The highest BCUT2D eigenvalue weighted by Gasteiger charge is 2.50. The molecule has 1 saturated carbocycles. The fraction of sp³-hybridized carbons (Fsp3) is 0.433. The molecule has 0 bridgehead atoms. The fourth-order valence-electron chi connectivity index (χ4n) is 5.73. The summed E-state index contributed by atoms with van der Waals surface area (Å²) < 4.78 is 1.74. The molecule has 1 aliphatic carbocycles. The zero-order valence-corrected chi connectivity index (χ0v) is 21.5. The fourth-order valence-corrected chi connectivity index (χ4v) is 5.73. The molecule has 2 atom stereocenters. The largest absolute Gasteiger partial charge is 0.351 e. The van der Waals surface area contributed by atoms with E-state index in [4.69, 9.17) is 5.10 Å². The van der Waals surface area contributed by atoms with Gasteiger partial charge in [-0.1, -0.05) is 80.8 Å². The molecule has 5 rings (SSSR count). The molecule has 2 amide bonds. The molecule has 3 aromatic rings. The Balaban J connectivity index is 1.53. The van der Waals surface area contributed by atoms with Crippen molar-refractivity contribution >= 4 is 11.8 Å². The van der Waals surface area contributed by atoms with Crippen LogP contribution in [-0.4, -0.2) is 38.1 Å². The zero-order valence-electron chi connectivity index (χ0n) is 21.5. The van der Waals surface area contributed by atoms with Gasteiger partial charge in [-0.15, -0.1) is 0 Å². The maximum absolute atomic E-state index is 14.1. The van der Waals surface area contributed by atoms with E-state index in [9.17, 15) is 9.59 Å². The van der Waals surface area contributed by atoms with Crippen molar-refractivity contribution in [1.82, 2.24) is 20.0 Å². The number of fused-ring (bicyclic) bond motifs is 1. The molecule has 6 nitrogen and oxygen atoms in total. The van der Waals surface area contributed by atoms with E-state index in [-0.39, 0.29) is 23.9 Å². The van der Waals surface area contributed by atoms with Gasteiger partial charge in [0.25, 0.3) is 5.91 Å². The van der Waals surface area contributed by atoms with Crippen molar-refractivity contribution in [2.75, 3.05) is 0 Å². The number of benzene rings is 2. The first-order valence-corrected chi connectivity index (χ1v) is 13.3. The van der Waals surface area contributed by atoms with Crippen molar-refractivity contribution in [2.24, 2.45) is 0 Å². The first-order chi connectivity index (χ1) is 17.4. The monoisotopic (exact) mass is 484 g/mol. The minimum Gasteiger partial charge on any atom is -0.351 e. The Bertz CT molecular complexity index is 1230. The summed E-state index contributed by atoms with van der Waals surface area (Å²) in [5.74, 6) is -0.261. The summed E-state index contributed by atoms with van der Waals surface area (Å²) in [7, 11) is 0. The smallest absolute Gasteiger partial charge is 0.273 e. The third-order valence-electron chi connectivity index (χ3n) is 7.96. The van der Waals surface area contributed by atoms with Gasteiger partial charge in [0.15, 0.2) is 0 Å². The molecule has 188 valence electrons. The summed E-state index contributed by atoms with van der Waals surface area (Å²) in [5.41, 5.74) is 3.45. The maximum atomic E-state index is 14.1. The van der Waals surface area contributed by atoms with Crippen LogP contribution in [0.2, 0.25) is 0 Å². The number of amides is 2. The van der Waals surface area contributed by atoms with Gasteiger partial charge >= 0.3 is 0 Å². The van der Waals surface area contributed by atoms with Crippen LogP contribution >= 0.6 is 0 Å². The molecule has 1 N–H and O–H groups in total. The van der Waals surface area contributed by atoms with Gasteiger partial charge < -0.3 is 10.2 Å². The number of aromatic nitrogens is 2. The van der Waals surface area contributed by atoms with Crippen LogP contribution in [-0.2, 0) is 17.8 Å². The molecule has 0 spiro atoms. The number of rotatable bonds is 6. The Morgan fingerprint density at radius 1 is 1.08 bits per heavy atom. The molecule has 2 heterocycles. The second-order valence-electron chi connectivity index (χ2n) is 10.5. The number of nitrogens with one attached hydrogen (secondary N) is 1. The lowest BCUT2D eigenvalue weighted by Crippen LogP contribution is -2.65. The average Bonchev–Trinajstić information content (AvgIpc) is 3.33. The highest BCUT2D eigenvalue weighted by molar-refractivity contribution is 6.00. The summed E-state index contributed by atoms with van der Waals surface area (Å²) in [4.78, 5) is 29.7. The van der Waals surface area contributed by atoms with Crippen LogP contribution in [0.25, 0.3) is 11.3 Å². The van der Waals surface area contributed by atoms with Crippen LogP contribution in [0.1, 0.15) is 80.5 Å². The predicted molar refractivity (Wildman–Crippen MR) is 141 cm³/mol. The van der Waals surface area contributed by atoms with Crippen LogP contribution < -0.4 is 5.32 Å². The lowest BCUT2D eigenvalue weighted by atomic mass is 9.89. The maximum Gasteiger partial charge on any atom is 0.273 e. The zero-order chi connectivity index (χ0) is 25.3. The van der Waals surface area contributed by atoms with Crippen molar-refractivity contribution in [1.29, 1.82) is 0 Å². The van der Waals surface area contributed by atoms with Gasteiger partial charge in [0.05, 0.1) is 18.3 Å². The van der Waals surface area contributed by atoms with E-state index in [0.717, 1.165) is 48.9 Å². The van der Waals surface area contributed by atoms with E-state index in [1.165, 1.54) is 12.0 Å². The van der Waals surface area contributed by atoms with Crippen LogP contribution in [0.15, 0.2) is 60.7 Å². The number of aryl methyl sites for hydroxylation is 1. The molecule has 2 unspecified atom stereocenters. The van der Waals surface area contributed by atoms with Gasteiger partial charge in [0.1, 0.15) is 11.2 Å². The SMILES string of the molecule is CCc1ccc(-c2cc3n(n2)CC(C)(C(=O)NC2CCCCC2)N(C(C)c2ccccc2)C3=O)cc1. The van der Waals surface area contributed by atoms with Gasteiger partial charge in [-0.05, 0) is 50.3 Å². The number of nitrogens with zero attached hydrogens (tertiary/aromatic N) is 3. The Morgan fingerprint density at radius 3 is 2.44 bits per heavy atom. The van der Waals surface area contributed by atoms with Crippen molar-refractivity contribution in [2.45, 2.75) is 83.5 Å². The molecule has 2 aromatic carbocycles. The quantitative estimate of drug-likeness (QED) is 0.500. The summed E-state index contributed by atoms with van der Waals surface area (Å²) in [6.07, 6.45) is 6.45. The molecule has 1 fully saturated rings. The van der Waals surface area contributed by atoms with Gasteiger partial charge in [0, 0.05) is 11.6 Å². The number of carbonyl (C=O) groups is 2. The Hall–Kier alpha value is -3.41. The molecule has 2 aliphatic rings. The molecule has 1 aromatic heterocycles. The Morgan fingerprint density at radius 2 is 1.78 bits per heavy atom. The molecule has 1 aliphatic heterocycles. The molecule has 0 saturated heterocycles. The molecule has 0 radical (unpaired) electrons. The van der Waals surface area contributed by atoms with E-state index in [1.54, 1.807) is 9.58 Å². The van der Waals surface area contributed by atoms with E-state index in [2.05, 4.69) is 36.5 Å². The summed E-state index contributed by atoms with van der Waals surface area (Å²) in [6.45, 7) is 6.35. The van der Waals surface area contributed by atoms with Gasteiger partial charge in [0.2, 0.25) is 5.91 Å². The molecule has 6 heteroatoms. The standard InChI is InChI=1S/C30H36N4O2/c1-4-22-15-17-24(18-16-22)26-19-27-28(35)34(21(2)23-11-7-5-8-12-23)30(3,20-33(27)32-26)29(36)31-25-13-9-6-10-14-25/h5,7-8,11-12,15-19,21,25H,4,6,9-10,13-14,20H2,1-3H3,(H,31,36). The molecular formula is C30H36N4O2. The van der Waals surface area contributed by atoms with E-state index >= 15 is 0 Å². The van der Waals surface area contributed by atoms with E-state index in [1.807, 2.05) is 50.2 Å². The molecule has 36 heavy (non-hydrogen) atoms. The van der Waals surface area contributed by atoms with E-state index < -0.39 is 5.54 Å². The van der Waals surface area contributed by atoms with Crippen LogP contribution in [0.3, 0.4) is 0 Å². The van der Waals surface area contributed by atoms with Crippen molar-refractivity contribution in [3.8, 4) is 11.3 Å². The normalized spacial score (nSPS) is 21.2. The predicted octanol–water partition coefficient (Wildman–Crippen LogP) is 5.54. The Kier molecular flexibility index (Phi) is 6.69. The molecular weight excluding hydrogens is 448 g/mol.